The summed E-state index contributed by atoms with van der Waals surface area (Å²) in [6, 6.07) is 9.41. The van der Waals surface area contributed by atoms with Crippen molar-refractivity contribution >= 4 is 0 Å². The largest absolute Gasteiger partial charge is 0.396 e. The second kappa shape index (κ2) is 3.90. The van der Waals surface area contributed by atoms with E-state index in [2.05, 4.69) is 0 Å². The van der Waals surface area contributed by atoms with Crippen molar-refractivity contribution in [3.05, 3.63) is 35.9 Å². The van der Waals surface area contributed by atoms with Gasteiger partial charge in [-0.2, -0.15) is 0 Å². The van der Waals surface area contributed by atoms with Crippen LogP contribution in [0.15, 0.2) is 30.3 Å². The molecule has 2 atom stereocenters. The van der Waals surface area contributed by atoms with Crippen molar-refractivity contribution in [3.8, 4) is 0 Å². The van der Waals surface area contributed by atoms with Gasteiger partial charge in [0, 0.05) is 12.5 Å². The fourth-order valence-electron chi connectivity index (χ4n) is 1.24. The summed E-state index contributed by atoms with van der Waals surface area (Å²) < 4.78 is 0. The summed E-state index contributed by atoms with van der Waals surface area (Å²) in [5.41, 5.74) is -0.104. The second-order valence-corrected chi connectivity index (χ2v) is 3.60. The molecule has 1 rings (SSSR count). The van der Waals surface area contributed by atoms with E-state index in [0.717, 1.165) is 5.56 Å². The van der Waals surface area contributed by atoms with Gasteiger partial charge in [-0.1, -0.05) is 37.3 Å². The van der Waals surface area contributed by atoms with Crippen LogP contribution in [0.3, 0.4) is 0 Å². The summed E-state index contributed by atoms with van der Waals surface area (Å²) in [4.78, 5) is 0. The van der Waals surface area contributed by atoms with Crippen LogP contribution in [0.1, 0.15) is 19.4 Å². The van der Waals surface area contributed by atoms with Crippen molar-refractivity contribution in [2.75, 3.05) is 6.61 Å². The van der Waals surface area contributed by atoms with Gasteiger partial charge in [0.15, 0.2) is 0 Å². The van der Waals surface area contributed by atoms with Crippen LogP contribution in [-0.2, 0) is 5.60 Å². The van der Waals surface area contributed by atoms with Gasteiger partial charge in [-0.05, 0) is 12.5 Å². The number of hydrogen-bond donors (Lipinski definition) is 2. The van der Waals surface area contributed by atoms with Crippen molar-refractivity contribution < 1.29 is 10.2 Å². The molecule has 0 spiro atoms. The van der Waals surface area contributed by atoms with Crippen LogP contribution >= 0.6 is 0 Å². The lowest BCUT2D eigenvalue weighted by molar-refractivity contribution is -0.0210. The summed E-state index contributed by atoms with van der Waals surface area (Å²) in [5.74, 6) is -0.158. The number of aliphatic hydroxyl groups excluding tert-OH is 1. The molecule has 0 fully saturated rings. The van der Waals surface area contributed by atoms with E-state index in [1.54, 1.807) is 6.92 Å². The highest BCUT2D eigenvalue weighted by Crippen LogP contribution is 2.28. The van der Waals surface area contributed by atoms with E-state index in [1.165, 1.54) is 0 Å². The van der Waals surface area contributed by atoms with Crippen molar-refractivity contribution in [2.45, 2.75) is 19.4 Å². The molecule has 13 heavy (non-hydrogen) atoms. The molecular formula is C11H16O2. The minimum absolute atomic E-state index is 0.0120. The molecule has 2 unspecified atom stereocenters. The first-order chi connectivity index (χ1) is 6.09. The molecule has 0 heterocycles. The van der Waals surface area contributed by atoms with Gasteiger partial charge in [-0.15, -0.1) is 0 Å². The third-order valence-electron chi connectivity index (χ3n) is 2.59. The highest BCUT2D eigenvalue weighted by atomic mass is 16.3. The van der Waals surface area contributed by atoms with Crippen LogP contribution in [0.25, 0.3) is 0 Å². The van der Waals surface area contributed by atoms with Gasteiger partial charge in [0.05, 0.1) is 5.60 Å². The van der Waals surface area contributed by atoms with E-state index in [0.29, 0.717) is 0 Å². The molecule has 1 aromatic carbocycles. The normalized spacial score (nSPS) is 17.8. The summed E-state index contributed by atoms with van der Waals surface area (Å²) >= 11 is 0. The predicted molar refractivity (Wildman–Crippen MR) is 52.3 cm³/mol. The Kier molecular flexibility index (Phi) is 3.07. The Morgan fingerprint density at radius 1 is 1.31 bits per heavy atom. The Bertz CT molecular complexity index is 254. The van der Waals surface area contributed by atoms with Gasteiger partial charge in [0.1, 0.15) is 0 Å². The van der Waals surface area contributed by atoms with Gasteiger partial charge >= 0.3 is 0 Å². The van der Waals surface area contributed by atoms with E-state index in [4.69, 9.17) is 5.11 Å². The average molecular weight is 180 g/mol. The van der Waals surface area contributed by atoms with E-state index < -0.39 is 5.60 Å². The monoisotopic (exact) mass is 180 g/mol. The molecule has 2 heteroatoms. The lowest BCUT2D eigenvalue weighted by Gasteiger charge is -2.29. The summed E-state index contributed by atoms with van der Waals surface area (Å²) in [5, 5.41) is 19.1. The number of benzene rings is 1. The number of aliphatic hydroxyl groups is 2. The fourth-order valence-corrected chi connectivity index (χ4v) is 1.24. The molecule has 1 aromatic rings. The first-order valence-electron chi connectivity index (χ1n) is 4.47. The summed E-state index contributed by atoms with van der Waals surface area (Å²) in [6.45, 7) is 3.54. The molecule has 2 nitrogen and oxygen atoms in total. The topological polar surface area (TPSA) is 40.5 Å². The first-order valence-corrected chi connectivity index (χ1v) is 4.47. The third-order valence-corrected chi connectivity index (χ3v) is 2.59. The molecule has 72 valence electrons. The van der Waals surface area contributed by atoms with Gasteiger partial charge in [0.25, 0.3) is 0 Å². The minimum Gasteiger partial charge on any atom is -0.396 e. The highest BCUT2D eigenvalue weighted by Gasteiger charge is 2.29. The van der Waals surface area contributed by atoms with Crippen LogP contribution in [-0.4, -0.2) is 16.8 Å². The van der Waals surface area contributed by atoms with Gasteiger partial charge < -0.3 is 10.2 Å². The Morgan fingerprint density at radius 2 is 1.85 bits per heavy atom. The molecule has 0 radical (unpaired) electrons. The van der Waals surface area contributed by atoms with Gasteiger partial charge in [-0.3, -0.25) is 0 Å². The maximum Gasteiger partial charge on any atom is 0.0915 e. The van der Waals surface area contributed by atoms with Crippen molar-refractivity contribution in [3.63, 3.8) is 0 Å². The molecule has 0 amide bonds. The standard InChI is InChI=1S/C11H16O2/c1-9(8-12)11(2,13)10-6-4-3-5-7-10/h3-7,9,12-13H,8H2,1-2H3. The molecular weight excluding hydrogens is 164 g/mol. The van der Waals surface area contributed by atoms with Crippen LogP contribution in [0.5, 0.6) is 0 Å². The van der Waals surface area contributed by atoms with Crippen LogP contribution in [0.4, 0.5) is 0 Å². The maximum atomic E-state index is 10.1. The summed E-state index contributed by atoms with van der Waals surface area (Å²) in [6.07, 6.45) is 0. The quantitative estimate of drug-likeness (QED) is 0.740. The van der Waals surface area contributed by atoms with Crippen LogP contribution in [0, 0.1) is 5.92 Å². The van der Waals surface area contributed by atoms with Gasteiger partial charge in [-0.25, -0.2) is 0 Å². The van der Waals surface area contributed by atoms with Crippen molar-refractivity contribution in [2.24, 2.45) is 5.92 Å². The van der Waals surface area contributed by atoms with Crippen LogP contribution < -0.4 is 0 Å². The lowest BCUT2D eigenvalue weighted by Crippen LogP contribution is -2.32. The molecule has 0 saturated heterocycles. The smallest absolute Gasteiger partial charge is 0.0915 e. The van der Waals surface area contributed by atoms with E-state index >= 15 is 0 Å². The Hall–Kier alpha value is -0.860. The minimum atomic E-state index is -0.948. The van der Waals surface area contributed by atoms with Gasteiger partial charge in [0.2, 0.25) is 0 Å². The number of hydrogen-bond acceptors (Lipinski definition) is 2. The Morgan fingerprint density at radius 3 is 2.31 bits per heavy atom. The Balaban J connectivity index is 2.93. The maximum absolute atomic E-state index is 10.1. The van der Waals surface area contributed by atoms with Crippen molar-refractivity contribution in [1.82, 2.24) is 0 Å². The highest BCUT2D eigenvalue weighted by molar-refractivity contribution is 5.22. The molecule has 0 aliphatic carbocycles. The summed E-state index contributed by atoms with van der Waals surface area (Å²) in [7, 11) is 0. The molecule has 2 N–H and O–H groups in total. The van der Waals surface area contributed by atoms with Crippen LogP contribution in [0.2, 0.25) is 0 Å². The molecule has 0 aliphatic rings. The predicted octanol–water partition coefficient (Wildman–Crippen LogP) is 1.52. The lowest BCUT2D eigenvalue weighted by atomic mass is 9.85. The molecule has 0 aliphatic heterocycles. The average Bonchev–Trinajstić information content (AvgIpc) is 2.18. The molecule has 0 bridgehead atoms. The fraction of sp³-hybridized carbons (Fsp3) is 0.455. The second-order valence-electron chi connectivity index (χ2n) is 3.60. The van der Waals surface area contributed by atoms with Crippen molar-refractivity contribution in [1.29, 1.82) is 0 Å². The molecule has 0 saturated carbocycles. The number of rotatable bonds is 3. The van der Waals surface area contributed by atoms with E-state index in [9.17, 15) is 5.11 Å². The zero-order chi connectivity index (χ0) is 9.90. The van der Waals surface area contributed by atoms with E-state index in [-0.39, 0.29) is 12.5 Å². The third kappa shape index (κ3) is 2.08. The van der Waals surface area contributed by atoms with E-state index in [1.807, 2.05) is 37.3 Å². The zero-order valence-electron chi connectivity index (χ0n) is 8.07. The zero-order valence-corrected chi connectivity index (χ0v) is 8.07. The SMILES string of the molecule is CC(CO)C(C)(O)c1ccccc1. The first kappa shape index (κ1) is 10.2. The molecule has 0 aromatic heterocycles. The Labute approximate surface area is 78.8 Å².